The van der Waals surface area contributed by atoms with Crippen molar-refractivity contribution in [2.45, 2.75) is 39.1 Å². The maximum absolute atomic E-state index is 5.97. The van der Waals surface area contributed by atoms with E-state index in [-0.39, 0.29) is 24.4 Å². The highest BCUT2D eigenvalue weighted by Crippen LogP contribution is 2.29. The van der Waals surface area contributed by atoms with Crippen molar-refractivity contribution in [2.75, 3.05) is 26.3 Å². The SMILES string of the molecule is CC1(C)COC(CN=C/C(=N\N)c2ncc(C#CCN)cc2OC2CC2)OC1. The van der Waals surface area contributed by atoms with Gasteiger partial charge in [0, 0.05) is 17.2 Å². The van der Waals surface area contributed by atoms with Gasteiger partial charge in [0.05, 0.1) is 38.6 Å². The third kappa shape index (κ3) is 5.76. The number of nitrogens with zero attached hydrogens (tertiary/aromatic N) is 3. The molecule has 1 aliphatic heterocycles. The fraction of sp³-hybridized carbons (Fsp3) is 0.550. The van der Waals surface area contributed by atoms with E-state index in [0.717, 1.165) is 18.4 Å². The van der Waals surface area contributed by atoms with Crippen molar-refractivity contribution in [2.24, 2.45) is 27.1 Å². The van der Waals surface area contributed by atoms with Gasteiger partial charge in [-0.15, -0.1) is 0 Å². The molecule has 0 radical (unpaired) electrons. The van der Waals surface area contributed by atoms with Gasteiger partial charge >= 0.3 is 0 Å². The standard InChI is InChI=1S/C20H27N5O3/c1-20(2)12-26-18(27-13-20)11-23-10-16(25-22)19-17(28-15-5-6-15)8-14(9-24-19)4-3-7-21/h8-10,15,18H,5-7,11-13,21-22H2,1-2H3/b23-10?,25-16+. The summed E-state index contributed by atoms with van der Waals surface area (Å²) in [7, 11) is 0. The van der Waals surface area contributed by atoms with E-state index in [2.05, 4.69) is 40.8 Å². The predicted octanol–water partition coefficient (Wildman–Crippen LogP) is 1.07. The summed E-state index contributed by atoms with van der Waals surface area (Å²) in [5.74, 6) is 12.0. The molecule has 0 amide bonds. The molecule has 1 aromatic heterocycles. The van der Waals surface area contributed by atoms with E-state index in [9.17, 15) is 0 Å². The second-order valence-electron chi connectivity index (χ2n) is 7.62. The Morgan fingerprint density at radius 3 is 2.79 bits per heavy atom. The molecule has 2 heterocycles. The van der Waals surface area contributed by atoms with Crippen LogP contribution in [0.4, 0.5) is 0 Å². The smallest absolute Gasteiger partial charge is 0.176 e. The maximum atomic E-state index is 5.97. The molecule has 1 saturated carbocycles. The molecule has 1 aliphatic carbocycles. The number of aliphatic imine (C=N–C) groups is 1. The van der Waals surface area contributed by atoms with Crippen LogP contribution >= 0.6 is 0 Å². The largest absolute Gasteiger partial charge is 0.488 e. The highest BCUT2D eigenvalue weighted by molar-refractivity contribution is 6.38. The lowest BCUT2D eigenvalue weighted by Crippen LogP contribution is -2.39. The number of ether oxygens (including phenoxy) is 3. The number of hydrogen-bond donors (Lipinski definition) is 2. The van der Waals surface area contributed by atoms with Crippen LogP contribution in [0.1, 0.15) is 37.9 Å². The van der Waals surface area contributed by atoms with Crippen LogP contribution in [0, 0.1) is 17.3 Å². The Morgan fingerprint density at radius 2 is 2.14 bits per heavy atom. The Bertz CT molecular complexity index is 796. The number of hydrazone groups is 1. The molecule has 0 spiro atoms. The van der Waals surface area contributed by atoms with Gasteiger partial charge in [-0.25, -0.2) is 4.98 Å². The van der Waals surface area contributed by atoms with Crippen molar-refractivity contribution in [3.05, 3.63) is 23.5 Å². The van der Waals surface area contributed by atoms with Crippen LogP contribution in [0.15, 0.2) is 22.4 Å². The summed E-state index contributed by atoms with van der Waals surface area (Å²) in [6, 6.07) is 1.83. The van der Waals surface area contributed by atoms with Crippen LogP contribution < -0.4 is 16.3 Å². The zero-order chi connectivity index (χ0) is 20.0. The summed E-state index contributed by atoms with van der Waals surface area (Å²) in [6.07, 6.45) is 5.09. The second kappa shape index (κ2) is 9.15. The van der Waals surface area contributed by atoms with E-state index in [0.29, 0.717) is 36.9 Å². The Kier molecular flexibility index (Phi) is 6.62. The highest BCUT2D eigenvalue weighted by atomic mass is 16.7. The van der Waals surface area contributed by atoms with Gasteiger partial charge in [-0.05, 0) is 18.9 Å². The first-order chi connectivity index (χ1) is 13.5. The van der Waals surface area contributed by atoms with Crippen LogP contribution in [-0.4, -0.2) is 55.6 Å². The molecule has 2 aliphatic rings. The lowest BCUT2D eigenvalue weighted by molar-refractivity contribution is -0.215. The van der Waals surface area contributed by atoms with Crippen LogP contribution in [0.3, 0.4) is 0 Å². The number of aromatic nitrogens is 1. The van der Waals surface area contributed by atoms with E-state index in [1.807, 2.05) is 6.07 Å². The first kappa shape index (κ1) is 20.3. The molecule has 8 nitrogen and oxygen atoms in total. The molecular weight excluding hydrogens is 358 g/mol. The zero-order valence-electron chi connectivity index (χ0n) is 16.4. The monoisotopic (exact) mass is 385 g/mol. The van der Waals surface area contributed by atoms with Gasteiger partial charge in [0.15, 0.2) is 6.29 Å². The highest BCUT2D eigenvalue weighted by Gasteiger charge is 2.28. The van der Waals surface area contributed by atoms with Gasteiger partial charge in [0.1, 0.15) is 17.2 Å². The summed E-state index contributed by atoms with van der Waals surface area (Å²) in [5.41, 5.74) is 7.14. The van der Waals surface area contributed by atoms with Crippen molar-refractivity contribution < 1.29 is 14.2 Å². The first-order valence-electron chi connectivity index (χ1n) is 9.37. The Hall–Kier alpha value is -2.47. The van der Waals surface area contributed by atoms with E-state index in [4.69, 9.17) is 25.8 Å². The number of hydrogen-bond acceptors (Lipinski definition) is 8. The van der Waals surface area contributed by atoms with E-state index >= 15 is 0 Å². The average molecular weight is 385 g/mol. The summed E-state index contributed by atoms with van der Waals surface area (Å²) in [6.45, 7) is 6.11. The molecule has 4 N–H and O–H groups in total. The molecule has 0 aromatic carbocycles. The third-order valence-corrected chi connectivity index (χ3v) is 4.18. The van der Waals surface area contributed by atoms with E-state index < -0.39 is 0 Å². The van der Waals surface area contributed by atoms with Crippen molar-refractivity contribution in [3.8, 4) is 17.6 Å². The molecule has 28 heavy (non-hydrogen) atoms. The van der Waals surface area contributed by atoms with Gasteiger partial charge in [-0.3, -0.25) is 4.99 Å². The summed E-state index contributed by atoms with van der Waals surface area (Å²) >= 11 is 0. The van der Waals surface area contributed by atoms with E-state index in [1.165, 1.54) is 0 Å². The molecule has 1 aromatic rings. The van der Waals surface area contributed by atoms with E-state index in [1.54, 1.807) is 12.4 Å². The molecule has 150 valence electrons. The molecule has 0 unspecified atom stereocenters. The molecule has 3 rings (SSSR count). The third-order valence-electron chi connectivity index (χ3n) is 4.18. The number of pyridine rings is 1. The van der Waals surface area contributed by atoms with Crippen LogP contribution in [0.2, 0.25) is 0 Å². The van der Waals surface area contributed by atoms with Gasteiger partial charge in [-0.2, -0.15) is 5.10 Å². The minimum atomic E-state index is -0.368. The quantitative estimate of drug-likeness (QED) is 0.327. The molecule has 1 saturated heterocycles. The van der Waals surface area contributed by atoms with Crippen LogP contribution in [0.25, 0.3) is 0 Å². The Labute approximate surface area is 165 Å². The fourth-order valence-corrected chi connectivity index (χ4v) is 2.53. The second-order valence-corrected chi connectivity index (χ2v) is 7.62. The summed E-state index contributed by atoms with van der Waals surface area (Å²) in [5, 5.41) is 3.83. The predicted molar refractivity (Wildman–Crippen MR) is 107 cm³/mol. The van der Waals surface area contributed by atoms with Crippen LogP contribution in [0.5, 0.6) is 5.75 Å². The van der Waals surface area contributed by atoms with Gasteiger partial charge < -0.3 is 25.8 Å². The zero-order valence-corrected chi connectivity index (χ0v) is 16.4. The lowest BCUT2D eigenvalue weighted by Gasteiger charge is -2.33. The van der Waals surface area contributed by atoms with Crippen molar-refractivity contribution in [1.29, 1.82) is 0 Å². The molecule has 2 fully saturated rings. The molecule has 0 atom stereocenters. The van der Waals surface area contributed by atoms with Crippen molar-refractivity contribution >= 4 is 11.9 Å². The Balaban J connectivity index is 1.70. The number of rotatable bonds is 6. The van der Waals surface area contributed by atoms with Gasteiger partial charge in [0.25, 0.3) is 0 Å². The van der Waals surface area contributed by atoms with Crippen molar-refractivity contribution in [1.82, 2.24) is 4.98 Å². The number of nitrogens with two attached hydrogens (primary N) is 2. The minimum Gasteiger partial charge on any atom is -0.488 e. The first-order valence-corrected chi connectivity index (χ1v) is 9.37. The molecule has 8 heteroatoms. The molecule has 0 bridgehead atoms. The summed E-state index contributed by atoms with van der Waals surface area (Å²) < 4.78 is 17.3. The maximum Gasteiger partial charge on any atom is 0.176 e. The minimum absolute atomic E-state index is 0.0254. The lowest BCUT2D eigenvalue weighted by atomic mass is 9.96. The van der Waals surface area contributed by atoms with Gasteiger partial charge in [-0.1, -0.05) is 25.7 Å². The summed E-state index contributed by atoms with van der Waals surface area (Å²) in [4.78, 5) is 8.81. The van der Waals surface area contributed by atoms with Crippen molar-refractivity contribution in [3.63, 3.8) is 0 Å². The normalized spacial score (nSPS) is 20.0. The fourth-order valence-electron chi connectivity index (χ4n) is 2.53. The molecular formula is C20H27N5O3. The average Bonchev–Trinajstić information content (AvgIpc) is 3.49. The van der Waals surface area contributed by atoms with Crippen LogP contribution in [-0.2, 0) is 9.47 Å². The topological polar surface area (TPSA) is 117 Å². The van der Waals surface area contributed by atoms with Gasteiger partial charge in [0.2, 0.25) is 0 Å². The Morgan fingerprint density at radius 1 is 1.39 bits per heavy atom.